The predicted octanol–water partition coefficient (Wildman–Crippen LogP) is 12.8. The first-order valence-electron chi connectivity index (χ1n) is 34.9. The van der Waals surface area contributed by atoms with E-state index in [-0.39, 0.29) is 78.2 Å². The highest BCUT2D eigenvalue weighted by molar-refractivity contribution is 5.90. The number of ether oxygens (including phenoxy) is 17. The molecule has 0 N–H and O–H groups in total. The van der Waals surface area contributed by atoms with Gasteiger partial charge < -0.3 is 80.5 Å². The normalized spacial score (nSPS) is 25.9. The molecule has 4 heterocycles. The Morgan fingerprint density at radius 1 is 0.262 bits per heavy atom. The Kier molecular flexibility index (Phi) is 26.6. The van der Waals surface area contributed by atoms with Crippen molar-refractivity contribution >= 4 is 11.9 Å². The number of benzene rings is 9. The number of rotatable bonds is 36. The van der Waals surface area contributed by atoms with E-state index in [1.165, 1.54) is 0 Å². The fraction of sp³-hybridized carbons (Fsp3) is 0.333. The lowest BCUT2D eigenvalue weighted by molar-refractivity contribution is -0.231. The van der Waals surface area contributed by atoms with E-state index in [0.717, 1.165) is 38.9 Å². The summed E-state index contributed by atoms with van der Waals surface area (Å²) in [6, 6.07) is 85.6. The first kappa shape index (κ1) is 72.7. The van der Waals surface area contributed by atoms with Crippen molar-refractivity contribution in [1.82, 2.24) is 0 Å². The molecular weight excluding hydrogens is 1310 g/mol. The largest absolute Gasteiger partial charge is 0.450 e. The smallest absolute Gasteiger partial charge is 0.338 e. The van der Waals surface area contributed by atoms with Gasteiger partial charge in [0.25, 0.3) is 0 Å². The van der Waals surface area contributed by atoms with Gasteiger partial charge in [-0.25, -0.2) is 9.59 Å². The molecule has 13 rings (SSSR count). The number of hydrogen-bond donors (Lipinski definition) is 0. The quantitative estimate of drug-likeness (QED) is 0.0337. The van der Waals surface area contributed by atoms with Crippen molar-refractivity contribution < 1.29 is 90.1 Å². The van der Waals surface area contributed by atoms with Crippen LogP contribution in [0.25, 0.3) is 0 Å². The minimum atomic E-state index is -1.39. The zero-order chi connectivity index (χ0) is 70.2. The van der Waals surface area contributed by atoms with Gasteiger partial charge in [0.2, 0.25) is 0 Å². The number of methoxy groups -OCH3 is 1. The fourth-order valence-electron chi connectivity index (χ4n) is 12.9. The molecular formula is C84H86O19. The third kappa shape index (κ3) is 20.2. The Hall–Kier alpha value is -8.68. The van der Waals surface area contributed by atoms with Crippen LogP contribution in [0.2, 0.25) is 0 Å². The van der Waals surface area contributed by atoms with E-state index in [1.807, 2.05) is 224 Å². The lowest BCUT2D eigenvalue weighted by Gasteiger charge is -2.30. The number of carbonyl (C=O) groups is 2. The molecule has 4 saturated heterocycles. The van der Waals surface area contributed by atoms with Gasteiger partial charge in [-0.05, 0) is 63.2 Å². The SMILES string of the molecule is CO[C@H]1O[C@H](CO[C@H]2O[C@H](CO[C@H]3O[C@H](COCc4ccccc4)[C@@H](OCc4ccccc4)[C@@H]3OC(=O)c3ccccc3)[C@@H](O[C@H]3O[C@H](COCc4ccccc4)[C@@H](OCc4ccccc4)[C@@H]3OC(=O)c3ccccc3)[C@@H]2OCc2ccccc2)[C@@H](OCc2ccccc2)[C@@H]1OCc1ccccc1. The standard InChI is InChI=1S/C84H86O19/c1-87-81-75(93-52-63-39-21-7-22-40-63)71(90-49-60-33-15-4-16-34-60)69(97-81)56-95-82-76(94-53-64-41-23-8-24-42-64)74(103-84-78(102-80(86)66-45-27-10-28-46-66)73(92-51-62-37-19-6-20-38-62)68(100-84)55-89-48-59-31-13-3-14-32-59)70(99-82)57-96-83-77(101-79(85)65-43-25-9-26-44-65)72(91-50-61-35-17-5-18-36-61)67(98-83)54-88-47-58-29-11-2-12-30-58/h2-46,67-78,81-84H,47-57H2,1H3/t67-,68-,69-,70-,71-,72-,73-,74-,75+,76+,77+,78+,81+,82+,83+,84-/m1/s1. The molecule has 4 fully saturated rings. The van der Waals surface area contributed by atoms with Crippen LogP contribution in [0, 0.1) is 0 Å². The topological polar surface area (TPSA) is 191 Å². The van der Waals surface area contributed by atoms with Crippen LogP contribution in [0.4, 0.5) is 0 Å². The molecule has 536 valence electrons. The van der Waals surface area contributed by atoms with Crippen molar-refractivity contribution in [2.24, 2.45) is 0 Å². The van der Waals surface area contributed by atoms with E-state index < -0.39 is 110 Å². The van der Waals surface area contributed by atoms with Gasteiger partial charge >= 0.3 is 11.9 Å². The molecule has 103 heavy (non-hydrogen) atoms. The summed E-state index contributed by atoms with van der Waals surface area (Å²) in [5.41, 5.74) is 6.93. The number of carbonyl (C=O) groups excluding carboxylic acids is 2. The Balaban J connectivity index is 0.858. The highest BCUT2D eigenvalue weighted by Gasteiger charge is 2.57. The van der Waals surface area contributed by atoms with Crippen LogP contribution >= 0.6 is 0 Å². The van der Waals surface area contributed by atoms with Crippen LogP contribution in [0.5, 0.6) is 0 Å². The lowest BCUT2D eigenvalue weighted by atomic mass is 10.1. The van der Waals surface area contributed by atoms with Crippen molar-refractivity contribution in [3.8, 4) is 0 Å². The number of esters is 2. The predicted molar refractivity (Wildman–Crippen MR) is 377 cm³/mol. The summed E-state index contributed by atoms with van der Waals surface area (Å²) >= 11 is 0. The lowest BCUT2D eigenvalue weighted by Crippen LogP contribution is -2.47. The van der Waals surface area contributed by atoms with E-state index in [4.69, 9.17) is 80.5 Å². The van der Waals surface area contributed by atoms with Crippen molar-refractivity contribution in [2.45, 2.75) is 145 Å². The van der Waals surface area contributed by atoms with Crippen LogP contribution in [-0.2, 0) is 127 Å². The van der Waals surface area contributed by atoms with Crippen LogP contribution in [0.15, 0.2) is 273 Å². The van der Waals surface area contributed by atoms with Crippen molar-refractivity contribution in [3.05, 3.63) is 323 Å². The average molecular weight is 1400 g/mol. The van der Waals surface area contributed by atoms with Gasteiger partial charge in [-0.15, -0.1) is 0 Å². The molecule has 9 aromatic rings. The highest BCUT2D eigenvalue weighted by atomic mass is 16.8. The molecule has 0 spiro atoms. The molecule has 16 atom stereocenters. The summed E-state index contributed by atoms with van der Waals surface area (Å²) in [6.07, 6.45) is -16.6. The Morgan fingerprint density at radius 3 is 0.864 bits per heavy atom. The summed E-state index contributed by atoms with van der Waals surface area (Å²) in [6.45, 7) is 0.851. The van der Waals surface area contributed by atoms with Crippen LogP contribution < -0.4 is 0 Å². The third-order valence-electron chi connectivity index (χ3n) is 18.2. The van der Waals surface area contributed by atoms with Gasteiger partial charge in [-0.3, -0.25) is 0 Å². The van der Waals surface area contributed by atoms with Crippen molar-refractivity contribution in [2.75, 3.05) is 33.5 Å². The Labute approximate surface area is 600 Å². The van der Waals surface area contributed by atoms with E-state index in [0.29, 0.717) is 5.56 Å². The molecule has 0 bridgehead atoms. The maximum absolute atomic E-state index is 14.6. The Bertz CT molecular complexity index is 3920. The first-order chi connectivity index (χ1) is 50.8. The molecule has 0 unspecified atom stereocenters. The molecule has 0 radical (unpaired) electrons. The second-order valence-electron chi connectivity index (χ2n) is 25.5. The average Bonchev–Trinajstić information content (AvgIpc) is 1.64. The molecule has 4 aliphatic heterocycles. The highest BCUT2D eigenvalue weighted by Crippen LogP contribution is 2.39. The van der Waals surface area contributed by atoms with E-state index in [2.05, 4.69) is 0 Å². The fourth-order valence-corrected chi connectivity index (χ4v) is 12.9. The molecule has 0 amide bonds. The van der Waals surface area contributed by atoms with Gasteiger partial charge in [0, 0.05) is 7.11 Å². The summed E-state index contributed by atoms with van der Waals surface area (Å²) in [7, 11) is 1.56. The summed E-state index contributed by atoms with van der Waals surface area (Å²) < 4.78 is 115. The minimum absolute atomic E-state index is 0.000247. The molecule has 0 aromatic heterocycles. The van der Waals surface area contributed by atoms with Gasteiger partial charge in [0.05, 0.1) is 83.8 Å². The van der Waals surface area contributed by atoms with Crippen LogP contribution in [0.1, 0.15) is 59.7 Å². The third-order valence-corrected chi connectivity index (χ3v) is 18.2. The van der Waals surface area contributed by atoms with Gasteiger partial charge in [-0.1, -0.05) is 249 Å². The molecule has 19 nitrogen and oxygen atoms in total. The molecule has 19 heteroatoms. The monoisotopic (exact) mass is 1400 g/mol. The summed E-state index contributed by atoms with van der Waals surface area (Å²) in [5.74, 6) is -1.28. The second kappa shape index (κ2) is 37.7. The van der Waals surface area contributed by atoms with E-state index in [1.54, 1.807) is 55.6 Å². The van der Waals surface area contributed by atoms with Crippen LogP contribution in [-0.4, -0.2) is 144 Å². The zero-order valence-electron chi connectivity index (χ0n) is 57.3. The Morgan fingerprint density at radius 2 is 0.515 bits per heavy atom. The zero-order valence-corrected chi connectivity index (χ0v) is 57.3. The van der Waals surface area contributed by atoms with E-state index >= 15 is 0 Å². The van der Waals surface area contributed by atoms with Crippen molar-refractivity contribution in [1.29, 1.82) is 0 Å². The first-order valence-corrected chi connectivity index (χ1v) is 34.9. The van der Waals surface area contributed by atoms with Crippen LogP contribution in [0.3, 0.4) is 0 Å². The second-order valence-corrected chi connectivity index (χ2v) is 25.5. The summed E-state index contributed by atoms with van der Waals surface area (Å²) in [5, 5.41) is 0. The molecule has 0 aliphatic carbocycles. The molecule has 0 saturated carbocycles. The van der Waals surface area contributed by atoms with Gasteiger partial charge in [0.1, 0.15) is 61.0 Å². The van der Waals surface area contributed by atoms with Gasteiger partial charge in [0.15, 0.2) is 37.4 Å². The van der Waals surface area contributed by atoms with Crippen molar-refractivity contribution in [3.63, 3.8) is 0 Å². The maximum atomic E-state index is 14.6. The molecule has 4 aliphatic rings. The van der Waals surface area contributed by atoms with Gasteiger partial charge in [-0.2, -0.15) is 0 Å². The maximum Gasteiger partial charge on any atom is 0.338 e. The molecule has 9 aromatic carbocycles. The van der Waals surface area contributed by atoms with E-state index in [9.17, 15) is 9.59 Å². The number of hydrogen-bond acceptors (Lipinski definition) is 19. The summed E-state index contributed by atoms with van der Waals surface area (Å²) in [4.78, 5) is 29.1. The minimum Gasteiger partial charge on any atom is -0.450 e.